The van der Waals surface area contributed by atoms with Crippen LogP contribution in [0.25, 0.3) is 0 Å². The molecular weight excluding hydrogens is 372 g/mol. The lowest BCUT2D eigenvalue weighted by molar-refractivity contribution is -0.129. The first kappa shape index (κ1) is 23.1. The Labute approximate surface area is 174 Å². The summed E-state index contributed by atoms with van der Waals surface area (Å²) in [5, 5.41) is 3.85. The Hall–Kier alpha value is -1.15. The van der Waals surface area contributed by atoms with Crippen molar-refractivity contribution in [2.24, 2.45) is 0 Å². The lowest BCUT2D eigenvalue weighted by atomic mass is 10.1. The molecule has 1 saturated heterocycles. The lowest BCUT2D eigenvalue weighted by Crippen LogP contribution is -2.63. The molecule has 0 saturated carbocycles. The monoisotopic (exact) mass is 408 g/mol. The third kappa shape index (κ3) is 6.44. The fourth-order valence-electron chi connectivity index (χ4n) is 3.47. The van der Waals surface area contributed by atoms with Crippen molar-refractivity contribution < 1.29 is 9.53 Å². The van der Waals surface area contributed by atoms with Crippen molar-refractivity contribution in [3.8, 4) is 0 Å². The van der Waals surface area contributed by atoms with Crippen LogP contribution < -0.4 is 5.32 Å². The normalized spacial score (nSPS) is 17.4. The number of nitrogens with one attached hydrogen (secondary N) is 1. The number of amides is 1. The van der Waals surface area contributed by atoms with Crippen LogP contribution in [0.5, 0.6) is 0 Å². The van der Waals surface area contributed by atoms with E-state index in [0.29, 0.717) is 6.54 Å². The SMILES string of the molecule is CCCCN(CCCC)C(CN1CCOCC1)(Sc1ccccn1)C(=O)NC. The Morgan fingerprint density at radius 3 is 2.46 bits per heavy atom. The molecule has 1 amide bonds. The highest BCUT2D eigenvalue weighted by atomic mass is 32.2. The highest BCUT2D eigenvalue weighted by molar-refractivity contribution is 8.01. The van der Waals surface area contributed by atoms with Gasteiger partial charge in [-0.2, -0.15) is 0 Å². The number of thioether (sulfide) groups is 1. The third-order valence-electron chi connectivity index (χ3n) is 5.11. The molecule has 2 rings (SSSR count). The van der Waals surface area contributed by atoms with Crippen molar-refractivity contribution in [3.63, 3.8) is 0 Å². The molecule has 0 radical (unpaired) electrons. The van der Waals surface area contributed by atoms with E-state index in [-0.39, 0.29) is 5.91 Å². The molecule has 7 heteroatoms. The minimum absolute atomic E-state index is 0.0573. The topological polar surface area (TPSA) is 57.7 Å². The summed E-state index contributed by atoms with van der Waals surface area (Å²) in [5.41, 5.74) is 0. The molecule has 2 heterocycles. The van der Waals surface area contributed by atoms with Gasteiger partial charge in [-0.05, 0) is 38.1 Å². The number of carbonyl (C=O) groups is 1. The van der Waals surface area contributed by atoms with E-state index < -0.39 is 4.87 Å². The summed E-state index contributed by atoms with van der Waals surface area (Å²) in [6, 6.07) is 5.90. The molecule has 1 aliphatic rings. The Bertz CT molecular complexity index is 561. The van der Waals surface area contributed by atoms with Crippen molar-refractivity contribution in [1.82, 2.24) is 20.1 Å². The molecule has 1 aromatic rings. The summed E-state index contributed by atoms with van der Waals surface area (Å²) in [4.78, 5) is 22.0. The molecule has 1 atom stereocenters. The van der Waals surface area contributed by atoms with Gasteiger partial charge in [0, 0.05) is 32.9 Å². The van der Waals surface area contributed by atoms with Gasteiger partial charge in [-0.25, -0.2) is 4.98 Å². The predicted octanol–water partition coefficient (Wildman–Crippen LogP) is 2.85. The maximum Gasteiger partial charge on any atom is 0.252 e. The third-order valence-corrected chi connectivity index (χ3v) is 6.47. The van der Waals surface area contributed by atoms with Gasteiger partial charge in [0.2, 0.25) is 0 Å². The number of likely N-dealkylation sites (N-methyl/N-ethyl adjacent to an activating group) is 1. The van der Waals surface area contributed by atoms with E-state index >= 15 is 0 Å². The number of unbranched alkanes of at least 4 members (excludes halogenated alkanes) is 2. The average Bonchev–Trinajstić information content (AvgIpc) is 2.74. The van der Waals surface area contributed by atoms with Gasteiger partial charge in [0.1, 0.15) is 0 Å². The van der Waals surface area contributed by atoms with Crippen molar-refractivity contribution in [2.45, 2.75) is 49.4 Å². The van der Waals surface area contributed by atoms with Crippen molar-refractivity contribution >= 4 is 17.7 Å². The number of aromatic nitrogens is 1. The van der Waals surface area contributed by atoms with Gasteiger partial charge < -0.3 is 10.1 Å². The molecule has 0 spiro atoms. The molecule has 0 aromatic carbocycles. The predicted molar refractivity (Wildman–Crippen MR) is 116 cm³/mol. The Morgan fingerprint density at radius 1 is 1.25 bits per heavy atom. The smallest absolute Gasteiger partial charge is 0.252 e. The van der Waals surface area contributed by atoms with Crippen LogP contribution in [0, 0.1) is 0 Å². The highest BCUT2D eigenvalue weighted by Crippen LogP contribution is 2.37. The summed E-state index contributed by atoms with van der Waals surface area (Å²) in [6.45, 7) is 10.1. The fourth-order valence-corrected chi connectivity index (χ4v) is 4.83. The Kier molecular flexibility index (Phi) is 10.3. The molecule has 6 nitrogen and oxygen atoms in total. The van der Waals surface area contributed by atoms with Crippen molar-refractivity contribution in [3.05, 3.63) is 24.4 Å². The van der Waals surface area contributed by atoms with Crippen LogP contribution in [0.15, 0.2) is 29.4 Å². The van der Waals surface area contributed by atoms with Gasteiger partial charge in [0.05, 0.1) is 18.2 Å². The summed E-state index contributed by atoms with van der Waals surface area (Å²) >= 11 is 1.59. The first-order chi connectivity index (χ1) is 13.7. The van der Waals surface area contributed by atoms with Gasteiger partial charge in [-0.1, -0.05) is 44.5 Å². The second-order valence-electron chi connectivity index (χ2n) is 7.22. The molecule has 1 aliphatic heterocycles. The summed E-state index contributed by atoms with van der Waals surface area (Å²) in [5.74, 6) is 0.0573. The van der Waals surface area contributed by atoms with E-state index in [1.54, 1.807) is 25.0 Å². The zero-order valence-electron chi connectivity index (χ0n) is 17.7. The standard InChI is InChI=1S/C21H36N4O2S/c1-4-6-12-25(13-7-5-2)21(20(26)22-3,18-24-14-16-27-17-15-24)28-19-10-8-9-11-23-19/h8-11H,4-7,12-18H2,1-3H3,(H,22,26). The van der Waals surface area contributed by atoms with Gasteiger partial charge in [0.15, 0.2) is 4.87 Å². The second-order valence-corrected chi connectivity index (χ2v) is 8.51. The summed E-state index contributed by atoms with van der Waals surface area (Å²) in [7, 11) is 1.74. The molecule has 158 valence electrons. The van der Waals surface area contributed by atoms with Crippen LogP contribution in [0.4, 0.5) is 0 Å². The first-order valence-corrected chi connectivity index (χ1v) is 11.3. The van der Waals surface area contributed by atoms with Crippen LogP contribution in [0.3, 0.4) is 0 Å². The quantitative estimate of drug-likeness (QED) is 0.424. The van der Waals surface area contributed by atoms with Crippen LogP contribution >= 0.6 is 11.8 Å². The van der Waals surface area contributed by atoms with E-state index in [0.717, 1.165) is 70.1 Å². The number of ether oxygens (including phenoxy) is 1. The Morgan fingerprint density at radius 2 is 1.93 bits per heavy atom. The molecule has 1 fully saturated rings. The number of nitrogens with zero attached hydrogens (tertiary/aromatic N) is 3. The molecule has 1 aromatic heterocycles. The minimum atomic E-state index is -0.704. The number of hydrogen-bond donors (Lipinski definition) is 1. The second kappa shape index (κ2) is 12.4. The largest absolute Gasteiger partial charge is 0.379 e. The maximum atomic E-state index is 13.4. The van der Waals surface area contributed by atoms with Gasteiger partial charge >= 0.3 is 0 Å². The summed E-state index contributed by atoms with van der Waals surface area (Å²) in [6.07, 6.45) is 6.17. The van der Waals surface area contributed by atoms with E-state index in [9.17, 15) is 4.79 Å². The molecule has 28 heavy (non-hydrogen) atoms. The maximum absolute atomic E-state index is 13.4. The van der Waals surface area contributed by atoms with E-state index in [1.807, 2.05) is 18.2 Å². The summed E-state index contributed by atoms with van der Waals surface area (Å²) < 4.78 is 5.53. The van der Waals surface area contributed by atoms with Crippen molar-refractivity contribution in [2.75, 3.05) is 53.0 Å². The van der Waals surface area contributed by atoms with Crippen LogP contribution in [-0.2, 0) is 9.53 Å². The number of pyridine rings is 1. The van der Waals surface area contributed by atoms with Crippen LogP contribution in [-0.4, -0.2) is 78.5 Å². The number of rotatable bonds is 12. The molecule has 0 aliphatic carbocycles. The van der Waals surface area contributed by atoms with Crippen LogP contribution in [0.1, 0.15) is 39.5 Å². The van der Waals surface area contributed by atoms with E-state index in [4.69, 9.17) is 4.74 Å². The fraction of sp³-hybridized carbons (Fsp3) is 0.714. The Balaban J connectivity index is 2.40. The molecule has 1 unspecified atom stereocenters. The zero-order valence-corrected chi connectivity index (χ0v) is 18.5. The molecule has 1 N–H and O–H groups in total. The van der Waals surface area contributed by atoms with Gasteiger partial charge in [0.25, 0.3) is 5.91 Å². The highest BCUT2D eigenvalue weighted by Gasteiger charge is 2.46. The zero-order chi connectivity index (χ0) is 20.2. The van der Waals surface area contributed by atoms with Gasteiger partial charge in [-0.3, -0.25) is 14.6 Å². The number of morpholine rings is 1. The lowest BCUT2D eigenvalue weighted by Gasteiger charge is -2.45. The van der Waals surface area contributed by atoms with Crippen LogP contribution in [0.2, 0.25) is 0 Å². The van der Waals surface area contributed by atoms with Gasteiger partial charge in [-0.15, -0.1) is 0 Å². The number of hydrogen-bond acceptors (Lipinski definition) is 6. The van der Waals surface area contributed by atoms with E-state index in [2.05, 4.69) is 33.9 Å². The van der Waals surface area contributed by atoms with Crippen molar-refractivity contribution in [1.29, 1.82) is 0 Å². The first-order valence-electron chi connectivity index (χ1n) is 10.5. The number of carbonyl (C=O) groups excluding carboxylic acids is 1. The molecule has 0 bridgehead atoms. The molecular formula is C21H36N4O2S. The average molecular weight is 409 g/mol. The minimum Gasteiger partial charge on any atom is -0.379 e. The van der Waals surface area contributed by atoms with E-state index in [1.165, 1.54) is 0 Å².